The molecular formula is C29H33N7O2. The lowest BCUT2D eigenvalue weighted by Crippen LogP contribution is -2.43. The summed E-state index contributed by atoms with van der Waals surface area (Å²) in [5, 5.41) is 18.2. The molecule has 9 nitrogen and oxygen atoms in total. The zero-order valence-electron chi connectivity index (χ0n) is 22.0. The van der Waals surface area contributed by atoms with Crippen LogP contribution in [0.3, 0.4) is 0 Å². The third-order valence-electron chi connectivity index (χ3n) is 8.09. The van der Waals surface area contributed by atoms with Gasteiger partial charge in [-0.25, -0.2) is 4.98 Å². The minimum atomic E-state index is -0.169. The Bertz CT molecular complexity index is 1540. The topological polar surface area (TPSA) is 132 Å². The van der Waals surface area contributed by atoms with Crippen molar-refractivity contribution in [3.63, 3.8) is 0 Å². The normalized spacial score (nSPS) is 21.1. The summed E-state index contributed by atoms with van der Waals surface area (Å²) in [5.41, 5.74) is 7.43. The van der Waals surface area contributed by atoms with Crippen molar-refractivity contribution in [3.8, 4) is 11.4 Å². The third-order valence-corrected chi connectivity index (χ3v) is 8.09. The zero-order valence-corrected chi connectivity index (χ0v) is 22.0. The molecule has 1 fully saturated rings. The van der Waals surface area contributed by atoms with E-state index in [0.717, 1.165) is 60.0 Å². The van der Waals surface area contributed by atoms with Crippen molar-refractivity contribution in [2.75, 3.05) is 0 Å². The fraction of sp³-hybridized carbons (Fsp3) is 0.414. The number of amides is 1. The Labute approximate surface area is 220 Å². The van der Waals surface area contributed by atoms with Crippen LogP contribution < -0.4 is 5.32 Å². The maximum Gasteiger partial charge on any atom is 0.251 e. The Morgan fingerprint density at radius 2 is 2.05 bits per heavy atom. The lowest BCUT2D eigenvalue weighted by Gasteiger charge is -2.49. The molecule has 6 rings (SSSR count). The van der Waals surface area contributed by atoms with Gasteiger partial charge in [-0.3, -0.25) is 19.8 Å². The quantitative estimate of drug-likeness (QED) is 0.195. The highest BCUT2D eigenvalue weighted by atomic mass is 16.1. The van der Waals surface area contributed by atoms with Crippen molar-refractivity contribution in [2.45, 2.75) is 70.8 Å². The zero-order chi connectivity index (χ0) is 26.4. The molecule has 3 heterocycles. The SMILES string of the molecule is CCCC(C=C(C)CC(=O)c1ncn[nH]1)NC(=O)c1ccc2[nH]c3c(c2c1)C1(Cc2cn[nH]c2-3)CC(C)C1. The van der Waals surface area contributed by atoms with Gasteiger partial charge in [0.1, 0.15) is 6.33 Å². The number of allylic oxidation sites excluding steroid dienone is 1. The molecule has 38 heavy (non-hydrogen) atoms. The Balaban J connectivity index is 1.27. The summed E-state index contributed by atoms with van der Waals surface area (Å²) in [4.78, 5) is 33.4. The summed E-state index contributed by atoms with van der Waals surface area (Å²) in [6.07, 6.45) is 10.4. The summed E-state index contributed by atoms with van der Waals surface area (Å²) >= 11 is 0. The van der Waals surface area contributed by atoms with Crippen LogP contribution in [0.1, 0.15) is 85.0 Å². The fourth-order valence-electron chi connectivity index (χ4n) is 6.65. The molecule has 1 unspecified atom stereocenters. The van der Waals surface area contributed by atoms with Crippen LogP contribution in [0.4, 0.5) is 0 Å². The molecule has 0 radical (unpaired) electrons. The highest BCUT2D eigenvalue weighted by Crippen LogP contribution is 2.57. The van der Waals surface area contributed by atoms with Gasteiger partial charge in [0, 0.05) is 39.9 Å². The first-order chi connectivity index (χ1) is 18.4. The number of aromatic amines is 3. The summed E-state index contributed by atoms with van der Waals surface area (Å²) in [7, 11) is 0. The number of carbonyl (C=O) groups is 2. The molecule has 3 aromatic heterocycles. The Hall–Kier alpha value is -4.01. The first kappa shape index (κ1) is 24.3. The van der Waals surface area contributed by atoms with E-state index in [-0.39, 0.29) is 35.4 Å². The van der Waals surface area contributed by atoms with Gasteiger partial charge < -0.3 is 10.3 Å². The van der Waals surface area contributed by atoms with Gasteiger partial charge in [0.2, 0.25) is 5.78 Å². The maximum atomic E-state index is 13.5. The molecule has 1 aromatic carbocycles. The number of aromatic nitrogens is 6. The molecule has 0 aliphatic heterocycles. The van der Waals surface area contributed by atoms with Crippen LogP contribution in [0.15, 0.2) is 42.4 Å². The highest BCUT2D eigenvalue weighted by molar-refractivity contribution is 6.01. The van der Waals surface area contributed by atoms with Crippen molar-refractivity contribution in [1.82, 2.24) is 35.7 Å². The number of Topliss-reactive ketones (excluding diaryl/α,β-unsaturated/α-hetero) is 1. The van der Waals surface area contributed by atoms with Crippen molar-refractivity contribution in [2.24, 2.45) is 5.92 Å². The standard InChI is InChI=1S/C29H33N7O2/c1-4-5-20(8-16(2)9-23(37)27-30-15-32-36-27)33-28(38)18-6-7-22-21(10-18)24-26(34-22)25-19(14-31-35-25)13-29(24)11-17(3)12-29/h6-8,10,14-15,17,20,34H,4-5,9,11-13H2,1-3H3,(H,31,35)(H,33,38)(H,30,32,36). The predicted molar refractivity (Wildman–Crippen MR) is 145 cm³/mol. The molecule has 4 N–H and O–H groups in total. The molecule has 0 saturated heterocycles. The number of hydrogen-bond donors (Lipinski definition) is 4. The number of nitrogens with one attached hydrogen (secondary N) is 4. The van der Waals surface area contributed by atoms with Gasteiger partial charge in [-0.15, -0.1) is 0 Å². The van der Waals surface area contributed by atoms with E-state index < -0.39 is 0 Å². The molecule has 196 valence electrons. The lowest BCUT2D eigenvalue weighted by atomic mass is 9.54. The number of nitrogens with zero attached hydrogens (tertiary/aromatic N) is 3. The van der Waals surface area contributed by atoms with Crippen LogP contribution >= 0.6 is 0 Å². The van der Waals surface area contributed by atoms with Crippen LogP contribution in [0.25, 0.3) is 22.3 Å². The van der Waals surface area contributed by atoms with Crippen molar-refractivity contribution < 1.29 is 9.59 Å². The maximum absolute atomic E-state index is 13.5. The first-order valence-corrected chi connectivity index (χ1v) is 13.4. The second-order valence-corrected chi connectivity index (χ2v) is 11.2. The summed E-state index contributed by atoms with van der Waals surface area (Å²) in [5.74, 6) is 0.700. The number of carbonyl (C=O) groups excluding carboxylic acids is 2. The minimum absolute atomic E-state index is 0.0968. The van der Waals surface area contributed by atoms with Crippen LogP contribution in [0.5, 0.6) is 0 Å². The van der Waals surface area contributed by atoms with Crippen LogP contribution in [0, 0.1) is 5.92 Å². The van der Waals surface area contributed by atoms with Gasteiger partial charge in [-0.1, -0.05) is 31.9 Å². The molecule has 4 aromatic rings. The molecule has 1 saturated carbocycles. The highest BCUT2D eigenvalue weighted by Gasteiger charge is 2.49. The third kappa shape index (κ3) is 4.15. The van der Waals surface area contributed by atoms with E-state index in [1.54, 1.807) is 0 Å². The second-order valence-electron chi connectivity index (χ2n) is 11.2. The Morgan fingerprint density at radius 1 is 1.21 bits per heavy atom. The lowest BCUT2D eigenvalue weighted by molar-refractivity contribution is 0.0942. The molecule has 2 aliphatic rings. The van der Waals surface area contributed by atoms with Gasteiger partial charge in [-0.2, -0.15) is 10.2 Å². The molecule has 0 bridgehead atoms. The number of H-pyrrole nitrogens is 3. The van der Waals surface area contributed by atoms with E-state index in [0.29, 0.717) is 11.5 Å². The smallest absolute Gasteiger partial charge is 0.251 e. The number of fused-ring (bicyclic) bond motifs is 6. The molecular weight excluding hydrogens is 478 g/mol. The Kier molecular flexibility index (Phi) is 6.01. The summed E-state index contributed by atoms with van der Waals surface area (Å²) in [6, 6.07) is 5.77. The van der Waals surface area contributed by atoms with Gasteiger partial charge in [0.25, 0.3) is 5.91 Å². The number of benzene rings is 1. The predicted octanol–water partition coefficient (Wildman–Crippen LogP) is 5.02. The van der Waals surface area contributed by atoms with E-state index in [1.807, 2.05) is 37.4 Å². The van der Waals surface area contributed by atoms with Crippen LogP contribution in [-0.2, 0) is 11.8 Å². The van der Waals surface area contributed by atoms with E-state index in [2.05, 4.69) is 49.5 Å². The van der Waals surface area contributed by atoms with E-state index in [4.69, 9.17) is 0 Å². The second kappa shape index (κ2) is 9.38. The van der Waals surface area contributed by atoms with Gasteiger partial charge in [-0.05, 0) is 62.3 Å². The average Bonchev–Trinajstić information content (AvgIpc) is 3.62. The number of hydrogen-bond acceptors (Lipinski definition) is 5. The number of ketones is 1. The minimum Gasteiger partial charge on any atom is -0.353 e. The average molecular weight is 512 g/mol. The van der Waals surface area contributed by atoms with Crippen molar-refractivity contribution >= 4 is 22.6 Å². The van der Waals surface area contributed by atoms with E-state index in [9.17, 15) is 9.59 Å². The largest absolute Gasteiger partial charge is 0.353 e. The molecule has 9 heteroatoms. The van der Waals surface area contributed by atoms with Gasteiger partial charge >= 0.3 is 0 Å². The molecule has 1 atom stereocenters. The molecule has 1 amide bonds. The van der Waals surface area contributed by atoms with Crippen LogP contribution in [0.2, 0.25) is 0 Å². The van der Waals surface area contributed by atoms with E-state index in [1.165, 1.54) is 17.5 Å². The van der Waals surface area contributed by atoms with Crippen molar-refractivity contribution in [3.05, 3.63) is 64.9 Å². The monoisotopic (exact) mass is 511 g/mol. The summed E-state index contributed by atoms with van der Waals surface area (Å²) in [6.45, 7) is 6.30. The van der Waals surface area contributed by atoms with E-state index >= 15 is 0 Å². The van der Waals surface area contributed by atoms with Gasteiger partial charge in [0.05, 0.1) is 17.6 Å². The van der Waals surface area contributed by atoms with Gasteiger partial charge in [0.15, 0.2) is 5.82 Å². The number of rotatable bonds is 8. The van der Waals surface area contributed by atoms with Crippen LogP contribution in [-0.4, -0.2) is 48.1 Å². The molecule has 2 aliphatic carbocycles. The Morgan fingerprint density at radius 3 is 2.79 bits per heavy atom. The molecule has 1 spiro atoms. The summed E-state index contributed by atoms with van der Waals surface area (Å²) < 4.78 is 0. The first-order valence-electron chi connectivity index (χ1n) is 13.4. The van der Waals surface area contributed by atoms with Crippen molar-refractivity contribution in [1.29, 1.82) is 0 Å². The fourth-order valence-corrected chi connectivity index (χ4v) is 6.65.